The van der Waals surface area contributed by atoms with Crippen LogP contribution in [0, 0.1) is 12.8 Å². The van der Waals surface area contributed by atoms with Crippen LogP contribution in [0.5, 0.6) is 0 Å². The van der Waals surface area contributed by atoms with E-state index in [-0.39, 0.29) is 6.04 Å². The topological polar surface area (TPSA) is 42.7 Å². The monoisotopic (exact) mass is 264 g/mol. The molecule has 2 aromatic heterocycles. The first kappa shape index (κ1) is 13.1. The first-order chi connectivity index (χ1) is 8.56. The lowest BCUT2D eigenvalue weighted by molar-refractivity contribution is 0.524. The Hall–Kier alpha value is -1.36. The van der Waals surface area contributed by atoms with E-state index >= 15 is 0 Å². The van der Waals surface area contributed by atoms with E-state index in [4.69, 9.17) is 0 Å². The minimum Gasteiger partial charge on any atom is -0.347 e. The van der Waals surface area contributed by atoms with E-state index in [0.29, 0.717) is 5.92 Å². The lowest BCUT2D eigenvalue weighted by Gasteiger charge is -2.15. The highest BCUT2D eigenvalue weighted by molar-refractivity contribution is 7.09. The smallest absolute Gasteiger partial charge is 0.203 e. The number of hydrogen-bond donors (Lipinski definition) is 1. The summed E-state index contributed by atoms with van der Waals surface area (Å²) in [6.45, 7) is 9.53. The van der Waals surface area contributed by atoms with Crippen molar-refractivity contribution in [2.24, 2.45) is 5.92 Å². The molecule has 2 rings (SSSR count). The van der Waals surface area contributed by atoms with Gasteiger partial charge in [0, 0.05) is 30.0 Å². The average molecular weight is 264 g/mol. The number of hydrogen-bond acceptors (Lipinski definition) is 4. The van der Waals surface area contributed by atoms with E-state index in [9.17, 15) is 0 Å². The third-order valence-electron chi connectivity index (χ3n) is 2.63. The summed E-state index contributed by atoms with van der Waals surface area (Å²) in [6, 6.07) is 0.192. The summed E-state index contributed by atoms with van der Waals surface area (Å²) in [5.41, 5.74) is 1.08. The van der Waals surface area contributed by atoms with Crippen LogP contribution >= 0.6 is 11.3 Å². The maximum Gasteiger partial charge on any atom is 0.203 e. The van der Waals surface area contributed by atoms with Crippen LogP contribution in [0.25, 0.3) is 0 Å². The molecule has 18 heavy (non-hydrogen) atoms. The van der Waals surface area contributed by atoms with Gasteiger partial charge < -0.3 is 9.88 Å². The molecule has 2 aromatic rings. The van der Waals surface area contributed by atoms with E-state index in [1.807, 2.05) is 19.3 Å². The zero-order valence-electron chi connectivity index (χ0n) is 11.3. The Balaban J connectivity index is 2.07. The standard InChI is InChI=1S/C13H20N4S/c1-9(2)7-17-6-5-14-13(17)16-11(4)12-15-10(3)8-18-12/h5-6,8-9,11H,7H2,1-4H3,(H,14,16). The molecule has 0 saturated carbocycles. The van der Waals surface area contributed by atoms with Gasteiger partial charge in [-0.2, -0.15) is 0 Å². The third kappa shape index (κ3) is 3.10. The fourth-order valence-corrected chi connectivity index (χ4v) is 2.62. The summed E-state index contributed by atoms with van der Waals surface area (Å²) in [4.78, 5) is 8.87. The number of anilines is 1. The van der Waals surface area contributed by atoms with E-state index < -0.39 is 0 Å². The largest absolute Gasteiger partial charge is 0.347 e. The van der Waals surface area contributed by atoms with Gasteiger partial charge in [0.1, 0.15) is 5.01 Å². The van der Waals surface area contributed by atoms with Crippen molar-refractivity contribution in [2.75, 3.05) is 5.32 Å². The van der Waals surface area contributed by atoms with Crippen molar-refractivity contribution in [3.8, 4) is 0 Å². The molecule has 0 aliphatic carbocycles. The second-order valence-corrected chi connectivity index (χ2v) is 5.88. The van der Waals surface area contributed by atoms with Gasteiger partial charge in [0.2, 0.25) is 5.95 Å². The zero-order chi connectivity index (χ0) is 13.1. The summed E-state index contributed by atoms with van der Waals surface area (Å²) < 4.78 is 2.15. The number of rotatable bonds is 5. The van der Waals surface area contributed by atoms with Gasteiger partial charge in [-0.3, -0.25) is 0 Å². The second kappa shape index (κ2) is 5.52. The Morgan fingerprint density at radius 1 is 1.39 bits per heavy atom. The summed E-state index contributed by atoms with van der Waals surface area (Å²) in [5, 5.41) is 6.61. The second-order valence-electron chi connectivity index (χ2n) is 4.99. The van der Waals surface area contributed by atoms with Crippen molar-refractivity contribution in [3.63, 3.8) is 0 Å². The van der Waals surface area contributed by atoms with Crippen LogP contribution in [-0.4, -0.2) is 14.5 Å². The Morgan fingerprint density at radius 2 is 2.17 bits per heavy atom. The fraction of sp³-hybridized carbons (Fsp3) is 0.538. The molecular formula is C13H20N4S. The molecule has 4 nitrogen and oxygen atoms in total. The van der Waals surface area contributed by atoms with E-state index in [1.54, 1.807) is 11.3 Å². The van der Waals surface area contributed by atoms with E-state index in [1.165, 1.54) is 0 Å². The maximum absolute atomic E-state index is 4.50. The van der Waals surface area contributed by atoms with Crippen molar-refractivity contribution in [1.29, 1.82) is 0 Å². The lowest BCUT2D eigenvalue weighted by Crippen LogP contribution is -2.13. The molecule has 0 spiro atoms. The van der Waals surface area contributed by atoms with Gasteiger partial charge in [-0.1, -0.05) is 13.8 Å². The minimum atomic E-state index is 0.192. The highest BCUT2D eigenvalue weighted by Gasteiger charge is 2.12. The molecule has 1 atom stereocenters. The molecule has 0 amide bonds. The molecule has 0 aromatic carbocycles. The molecule has 0 aliphatic heterocycles. The van der Waals surface area contributed by atoms with E-state index in [2.05, 4.69) is 46.0 Å². The van der Waals surface area contributed by atoms with Gasteiger partial charge in [0.25, 0.3) is 0 Å². The molecule has 0 aliphatic rings. The fourth-order valence-electron chi connectivity index (χ4n) is 1.82. The first-order valence-electron chi connectivity index (χ1n) is 6.26. The molecule has 0 bridgehead atoms. The first-order valence-corrected chi connectivity index (χ1v) is 7.14. The van der Waals surface area contributed by atoms with Gasteiger partial charge in [-0.25, -0.2) is 9.97 Å². The van der Waals surface area contributed by atoms with Crippen molar-refractivity contribution in [2.45, 2.75) is 40.3 Å². The molecule has 2 heterocycles. The van der Waals surface area contributed by atoms with Crippen molar-refractivity contribution in [1.82, 2.24) is 14.5 Å². The van der Waals surface area contributed by atoms with Crippen molar-refractivity contribution < 1.29 is 0 Å². The quantitative estimate of drug-likeness (QED) is 0.899. The lowest BCUT2D eigenvalue weighted by atomic mass is 10.2. The molecule has 0 radical (unpaired) electrons. The van der Waals surface area contributed by atoms with Gasteiger partial charge in [-0.15, -0.1) is 11.3 Å². The Labute approximate surface area is 112 Å². The summed E-state index contributed by atoms with van der Waals surface area (Å²) in [5.74, 6) is 1.53. The highest BCUT2D eigenvalue weighted by Crippen LogP contribution is 2.21. The number of aryl methyl sites for hydroxylation is 1. The average Bonchev–Trinajstić information content (AvgIpc) is 2.88. The van der Waals surface area contributed by atoms with Crippen LogP contribution in [0.1, 0.15) is 37.5 Å². The normalized spacial score (nSPS) is 12.9. The molecule has 5 heteroatoms. The van der Waals surface area contributed by atoms with Gasteiger partial charge in [-0.05, 0) is 19.8 Å². The molecule has 0 saturated heterocycles. The molecule has 0 fully saturated rings. The number of thiazole rings is 1. The number of nitrogens with one attached hydrogen (secondary N) is 1. The summed E-state index contributed by atoms with van der Waals surface area (Å²) >= 11 is 1.69. The Kier molecular flexibility index (Phi) is 4.01. The molecule has 1 unspecified atom stereocenters. The number of imidazole rings is 1. The van der Waals surface area contributed by atoms with E-state index in [0.717, 1.165) is 23.2 Å². The summed E-state index contributed by atoms with van der Waals surface area (Å²) in [7, 11) is 0. The van der Waals surface area contributed by atoms with Gasteiger partial charge >= 0.3 is 0 Å². The van der Waals surface area contributed by atoms with Crippen LogP contribution in [-0.2, 0) is 6.54 Å². The van der Waals surface area contributed by atoms with Crippen LogP contribution < -0.4 is 5.32 Å². The zero-order valence-corrected chi connectivity index (χ0v) is 12.2. The predicted molar refractivity (Wildman–Crippen MR) is 76.0 cm³/mol. The minimum absolute atomic E-state index is 0.192. The van der Waals surface area contributed by atoms with Crippen LogP contribution in [0.15, 0.2) is 17.8 Å². The van der Waals surface area contributed by atoms with Gasteiger partial charge in [0.15, 0.2) is 0 Å². The van der Waals surface area contributed by atoms with Crippen molar-refractivity contribution in [3.05, 3.63) is 28.5 Å². The third-order valence-corrected chi connectivity index (χ3v) is 3.78. The predicted octanol–water partition coefficient (Wildman–Crippen LogP) is 3.48. The molecule has 98 valence electrons. The van der Waals surface area contributed by atoms with Crippen LogP contribution in [0.4, 0.5) is 5.95 Å². The number of nitrogens with zero attached hydrogens (tertiary/aromatic N) is 3. The van der Waals surface area contributed by atoms with Crippen LogP contribution in [0.2, 0.25) is 0 Å². The molecule has 1 N–H and O–H groups in total. The summed E-state index contributed by atoms with van der Waals surface area (Å²) in [6.07, 6.45) is 3.85. The maximum atomic E-state index is 4.50. The highest BCUT2D eigenvalue weighted by atomic mass is 32.1. The Bertz CT molecular complexity index is 501. The SMILES string of the molecule is Cc1csc(C(C)Nc2nccn2CC(C)C)n1. The molecular weight excluding hydrogens is 244 g/mol. The van der Waals surface area contributed by atoms with Crippen molar-refractivity contribution >= 4 is 17.3 Å². The Morgan fingerprint density at radius 3 is 2.78 bits per heavy atom. The van der Waals surface area contributed by atoms with Gasteiger partial charge in [0.05, 0.1) is 6.04 Å². The number of aromatic nitrogens is 3. The van der Waals surface area contributed by atoms with Crippen LogP contribution in [0.3, 0.4) is 0 Å².